The van der Waals surface area contributed by atoms with Crippen LogP contribution in [0.4, 0.5) is 5.82 Å². The molecule has 0 radical (unpaired) electrons. The molecule has 1 saturated heterocycles. The van der Waals surface area contributed by atoms with Crippen molar-refractivity contribution in [3.63, 3.8) is 0 Å². The first kappa shape index (κ1) is 12.9. The minimum atomic E-state index is 0.0752. The summed E-state index contributed by atoms with van der Waals surface area (Å²) in [7, 11) is 0. The number of nitrogens with zero attached hydrogens (tertiary/aromatic N) is 2. The van der Waals surface area contributed by atoms with Gasteiger partial charge in [0.15, 0.2) is 0 Å². The highest BCUT2D eigenvalue weighted by atomic mass is 15.2. The second-order valence-electron chi connectivity index (χ2n) is 5.47. The Morgan fingerprint density at radius 1 is 1.44 bits per heavy atom. The van der Waals surface area contributed by atoms with E-state index in [1.807, 2.05) is 12.1 Å². The quantitative estimate of drug-likeness (QED) is 0.635. The van der Waals surface area contributed by atoms with Crippen LogP contribution < -0.4 is 10.6 Å². The van der Waals surface area contributed by atoms with Crippen LogP contribution in [0.25, 0.3) is 0 Å². The number of rotatable bonds is 3. The van der Waals surface area contributed by atoms with Crippen LogP contribution in [0.15, 0.2) is 18.3 Å². The van der Waals surface area contributed by atoms with E-state index in [2.05, 4.69) is 23.7 Å². The normalized spacial score (nSPS) is 18.7. The lowest BCUT2D eigenvalue weighted by Gasteiger charge is -2.39. The maximum atomic E-state index is 7.35. The highest BCUT2D eigenvalue weighted by Crippen LogP contribution is 2.35. The Hall–Kier alpha value is -1.58. The molecule has 0 unspecified atom stereocenters. The van der Waals surface area contributed by atoms with Crippen LogP contribution in [0.1, 0.15) is 38.7 Å². The standard InChI is InChI=1S/C14H22N4/c1-3-14(2)6-8-18(9-7-14)12-5-4-11(10-17-12)13(15)16/h4-5,10H,3,6-9H2,1-2H3,(H3,15,16). The molecule has 18 heavy (non-hydrogen) atoms. The first-order valence-corrected chi connectivity index (χ1v) is 6.59. The first-order valence-electron chi connectivity index (χ1n) is 6.59. The van der Waals surface area contributed by atoms with E-state index in [1.165, 1.54) is 19.3 Å². The molecule has 2 rings (SSSR count). The van der Waals surface area contributed by atoms with Crippen molar-refractivity contribution in [3.8, 4) is 0 Å². The zero-order chi connectivity index (χ0) is 13.2. The highest BCUT2D eigenvalue weighted by Gasteiger charge is 2.28. The summed E-state index contributed by atoms with van der Waals surface area (Å²) in [5, 5.41) is 7.35. The number of nitrogen functional groups attached to an aromatic ring is 1. The van der Waals surface area contributed by atoms with Crippen molar-refractivity contribution < 1.29 is 0 Å². The third kappa shape index (κ3) is 2.63. The van der Waals surface area contributed by atoms with E-state index < -0.39 is 0 Å². The van der Waals surface area contributed by atoms with Gasteiger partial charge in [-0.1, -0.05) is 20.3 Å². The van der Waals surface area contributed by atoms with Gasteiger partial charge in [-0.15, -0.1) is 0 Å². The van der Waals surface area contributed by atoms with Crippen molar-refractivity contribution in [3.05, 3.63) is 23.9 Å². The van der Waals surface area contributed by atoms with E-state index >= 15 is 0 Å². The molecule has 4 heteroatoms. The number of piperidine rings is 1. The van der Waals surface area contributed by atoms with Gasteiger partial charge < -0.3 is 10.6 Å². The van der Waals surface area contributed by atoms with E-state index in [0.717, 1.165) is 18.9 Å². The van der Waals surface area contributed by atoms with Gasteiger partial charge in [-0.25, -0.2) is 4.98 Å². The molecule has 1 aromatic heterocycles. The molecule has 0 saturated carbocycles. The van der Waals surface area contributed by atoms with Gasteiger partial charge in [0.1, 0.15) is 11.7 Å². The van der Waals surface area contributed by atoms with Gasteiger partial charge in [-0.3, -0.25) is 5.41 Å². The summed E-state index contributed by atoms with van der Waals surface area (Å²) in [5.74, 6) is 1.07. The maximum absolute atomic E-state index is 7.35. The van der Waals surface area contributed by atoms with Gasteiger partial charge >= 0.3 is 0 Å². The molecule has 3 N–H and O–H groups in total. The smallest absolute Gasteiger partial charge is 0.128 e. The number of nitrogens with two attached hydrogens (primary N) is 1. The molecule has 98 valence electrons. The summed E-state index contributed by atoms with van der Waals surface area (Å²) in [5.41, 5.74) is 6.61. The summed E-state index contributed by atoms with van der Waals surface area (Å²) < 4.78 is 0. The molecule has 2 heterocycles. The minimum Gasteiger partial charge on any atom is -0.384 e. The molecule has 0 amide bonds. The fourth-order valence-corrected chi connectivity index (χ4v) is 2.36. The summed E-state index contributed by atoms with van der Waals surface area (Å²) in [6.07, 6.45) is 5.38. The molecule has 4 nitrogen and oxygen atoms in total. The number of hydrogen-bond donors (Lipinski definition) is 2. The van der Waals surface area contributed by atoms with Crippen LogP contribution in [0.3, 0.4) is 0 Å². The van der Waals surface area contributed by atoms with Crippen molar-refractivity contribution in [1.82, 2.24) is 4.98 Å². The van der Waals surface area contributed by atoms with Crippen molar-refractivity contribution in [2.24, 2.45) is 11.1 Å². The molecular weight excluding hydrogens is 224 g/mol. The molecule has 0 aliphatic carbocycles. The third-order valence-corrected chi connectivity index (χ3v) is 4.21. The summed E-state index contributed by atoms with van der Waals surface area (Å²) in [4.78, 5) is 6.72. The van der Waals surface area contributed by atoms with E-state index in [4.69, 9.17) is 11.1 Å². The van der Waals surface area contributed by atoms with E-state index in [1.54, 1.807) is 6.20 Å². The highest BCUT2D eigenvalue weighted by molar-refractivity contribution is 5.94. The monoisotopic (exact) mass is 246 g/mol. The minimum absolute atomic E-state index is 0.0752. The van der Waals surface area contributed by atoms with Gasteiger partial charge in [-0.2, -0.15) is 0 Å². The number of nitrogens with one attached hydrogen (secondary N) is 1. The Labute approximate surface area is 109 Å². The molecule has 1 aromatic rings. The van der Waals surface area contributed by atoms with Crippen molar-refractivity contribution in [1.29, 1.82) is 5.41 Å². The van der Waals surface area contributed by atoms with Gasteiger partial charge in [0.05, 0.1) is 0 Å². The van der Waals surface area contributed by atoms with Crippen LogP contribution in [0.5, 0.6) is 0 Å². The molecule has 1 fully saturated rings. The Balaban J connectivity index is 2.03. The van der Waals surface area contributed by atoms with E-state index in [0.29, 0.717) is 11.0 Å². The lowest BCUT2D eigenvalue weighted by molar-refractivity contribution is 0.238. The maximum Gasteiger partial charge on any atom is 0.128 e. The van der Waals surface area contributed by atoms with Gasteiger partial charge in [0.2, 0.25) is 0 Å². The second-order valence-corrected chi connectivity index (χ2v) is 5.47. The zero-order valence-corrected chi connectivity index (χ0v) is 11.2. The molecule has 0 aromatic carbocycles. The average molecular weight is 246 g/mol. The lowest BCUT2D eigenvalue weighted by Crippen LogP contribution is -2.38. The fraction of sp³-hybridized carbons (Fsp3) is 0.571. The van der Waals surface area contributed by atoms with Crippen LogP contribution in [0.2, 0.25) is 0 Å². The van der Waals surface area contributed by atoms with Crippen LogP contribution in [0, 0.1) is 10.8 Å². The molecule has 1 aliphatic rings. The third-order valence-electron chi connectivity index (χ3n) is 4.21. The SMILES string of the molecule is CCC1(C)CCN(c2ccc(C(=N)N)cn2)CC1. The van der Waals surface area contributed by atoms with Gasteiger partial charge in [0.25, 0.3) is 0 Å². The number of aromatic nitrogens is 1. The van der Waals surface area contributed by atoms with E-state index in [-0.39, 0.29) is 5.84 Å². The Bertz CT molecular complexity index is 416. The van der Waals surface area contributed by atoms with Gasteiger partial charge in [-0.05, 0) is 30.4 Å². The van der Waals surface area contributed by atoms with Crippen molar-refractivity contribution in [2.45, 2.75) is 33.1 Å². The topological polar surface area (TPSA) is 66.0 Å². The molecule has 1 aliphatic heterocycles. The van der Waals surface area contributed by atoms with Crippen LogP contribution >= 0.6 is 0 Å². The van der Waals surface area contributed by atoms with Crippen LogP contribution in [-0.2, 0) is 0 Å². The van der Waals surface area contributed by atoms with Crippen molar-refractivity contribution >= 4 is 11.7 Å². The fourth-order valence-electron chi connectivity index (χ4n) is 2.36. The number of pyridine rings is 1. The zero-order valence-electron chi connectivity index (χ0n) is 11.2. The predicted molar refractivity (Wildman–Crippen MR) is 75.1 cm³/mol. The molecular formula is C14H22N4. The Morgan fingerprint density at radius 2 is 2.11 bits per heavy atom. The molecule has 0 atom stereocenters. The predicted octanol–water partition coefficient (Wildman–Crippen LogP) is 2.38. The Morgan fingerprint density at radius 3 is 2.56 bits per heavy atom. The van der Waals surface area contributed by atoms with E-state index in [9.17, 15) is 0 Å². The number of anilines is 1. The number of hydrogen-bond acceptors (Lipinski definition) is 3. The average Bonchev–Trinajstić information content (AvgIpc) is 2.40. The largest absolute Gasteiger partial charge is 0.384 e. The summed E-state index contributed by atoms with van der Waals surface area (Å²) in [6, 6.07) is 3.84. The lowest BCUT2D eigenvalue weighted by atomic mass is 9.78. The summed E-state index contributed by atoms with van der Waals surface area (Å²) in [6.45, 7) is 6.78. The van der Waals surface area contributed by atoms with Crippen molar-refractivity contribution in [2.75, 3.05) is 18.0 Å². The van der Waals surface area contributed by atoms with Crippen LogP contribution in [-0.4, -0.2) is 23.9 Å². The second kappa shape index (κ2) is 4.96. The Kier molecular flexibility index (Phi) is 3.55. The molecule has 0 spiro atoms. The van der Waals surface area contributed by atoms with Gasteiger partial charge in [0, 0.05) is 24.8 Å². The molecule has 0 bridgehead atoms. The number of amidine groups is 1. The summed E-state index contributed by atoms with van der Waals surface area (Å²) >= 11 is 0. The first-order chi connectivity index (χ1) is 8.54.